The zero-order chi connectivity index (χ0) is 20.5. The first-order valence-corrected chi connectivity index (χ1v) is 10.5. The van der Waals surface area contributed by atoms with Crippen molar-refractivity contribution in [2.24, 2.45) is 0 Å². The third-order valence-electron chi connectivity index (χ3n) is 4.67. The SMILES string of the molecule is Cc1cc2nc(N(Cc3ccccn3)C(=O)c3cc(Cl)ccc3Cl)sc2cc1C. The summed E-state index contributed by atoms with van der Waals surface area (Å²) in [5.74, 6) is -0.268. The molecule has 0 radical (unpaired) electrons. The van der Waals surface area contributed by atoms with E-state index >= 15 is 0 Å². The van der Waals surface area contributed by atoms with Crippen molar-refractivity contribution in [3.05, 3.63) is 87.2 Å². The second kappa shape index (κ2) is 8.11. The van der Waals surface area contributed by atoms with E-state index in [1.165, 1.54) is 16.9 Å². The van der Waals surface area contributed by atoms with Crippen LogP contribution in [0, 0.1) is 13.8 Å². The van der Waals surface area contributed by atoms with Gasteiger partial charge >= 0.3 is 0 Å². The number of thiazole rings is 1. The first-order valence-electron chi connectivity index (χ1n) is 8.97. The molecule has 0 unspecified atom stereocenters. The minimum Gasteiger partial charge on any atom is -0.278 e. The molecule has 0 spiro atoms. The molecule has 2 aromatic heterocycles. The summed E-state index contributed by atoms with van der Waals surface area (Å²) >= 11 is 13.9. The van der Waals surface area contributed by atoms with Gasteiger partial charge in [-0.3, -0.25) is 14.7 Å². The van der Waals surface area contributed by atoms with Crippen molar-refractivity contribution in [3.63, 3.8) is 0 Å². The quantitative estimate of drug-likeness (QED) is 0.364. The topological polar surface area (TPSA) is 46.1 Å². The summed E-state index contributed by atoms with van der Waals surface area (Å²) in [5, 5.41) is 1.39. The number of hydrogen-bond donors (Lipinski definition) is 0. The molecule has 2 aromatic carbocycles. The third kappa shape index (κ3) is 4.13. The number of carbonyl (C=O) groups excluding carboxylic acids is 1. The molecule has 0 bridgehead atoms. The van der Waals surface area contributed by atoms with Crippen molar-refractivity contribution in [2.75, 3.05) is 4.90 Å². The van der Waals surface area contributed by atoms with Crippen LogP contribution in [-0.4, -0.2) is 15.9 Å². The summed E-state index contributed by atoms with van der Waals surface area (Å²) in [6, 6.07) is 14.6. The zero-order valence-corrected chi connectivity index (χ0v) is 18.1. The van der Waals surface area contributed by atoms with Crippen LogP contribution in [0.15, 0.2) is 54.7 Å². The molecule has 0 aliphatic carbocycles. The lowest BCUT2D eigenvalue weighted by molar-refractivity contribution is 0.0985. The number of halogens is 2. The van der Waals surface area contributed by atoms with Crippen LogP contribution in [0.2, 0.25) is 10.0 Å². The van der Waals surface area contributed by atoms with Crippen molar-refractivity contribution < 1.29 is 4.79 Å². The predicted octanol–water partition coefficient (Wildman–Crippen LogP) is 6.46. The number of pyridine rings is 1. The van der Waals surface area contributed by atoms with E-state index in [9.17, 15) is 4.79 Å². The van der Waals surface area contributed by atoms with Gasteiger partial charge < -0.3 is 0 Å². The third-order valence-corrected chi connectivity index (χ3v) is 6.28. The first kappa shape index (κ1) is 19.8. The summed E-state index contributed by atoms with van der Waals surface area (Å²) in [6.07, 6.45) is 1.70. The van der Waals surface area contributed by atoms with E-state index in [-0.39, 0.29) is 12.5 Å². The number of amides is 1. The minimum absolute atomic E-state index is 0.268. The lowest BCUT2D eigenvalue weighted by atomic mass is 10.1. The molecule has 0 saturated heterocycles. The van der Waals surface area contributed by atoms with Gasteiger partial charge in [0, 0.05) is 11.2 Å². The monoisotopic (exact) mass is 441 g/mol. The Balaban J connectivity index is 1.82. The van der Waals surface area contributed by atoms with E-state index in [1.54, 1.807) is 29.3 Å². The van der Waals surface area contributed by atoms with Gasteiger partial charge in [0.2, 0.25) is 0 Å². The number of benzene rings is 2. The second-order valence-electron chi connectivity index (χ2n) is 6.74. The molecule has 0 aliphatic heterocycles. The Bertz CT molecular complexity index is 1170. The van der Waals surface area contributed by atoms with E-state index in [2.05, 4.69) is 24.9 Å². The summed E-state index contributed by atoms with van der Waals surface area (Å²) in [7, 11) is 0. The molecule has 0 atom stereocenters. The van der Waals surface area contributed by atoms with Gasteiger partial charge in [-0.2, -0.15) is 0 Å². The maximum Gasteiger partial charge on any atom is 0.262 e. The normalized spacial score (nSPS) is 11.0. The lowest BCUT2D eigenvalue weighted by Gasteiger charge is -2.20. The van der Waals surface area contributed by atoms with Crippen molar-refractivity contribution >= 4 is 55.8 Å². The molecule has 146 valence electrons. The lowest BCUT2D eigenvalue weighted by Crippen LogP contribution is -2.31. The number of hydrogen-bond acceptors (Lipinski definition) is 4. The molecule has 0 N–H and O–H groups in total. The molecule has 2 heterocycles. The second-order valence-corrected chi connectivity index (χ2v) is 8.59. The highest BCUT2D eigenvalue weighted by atomic mass is 35.5. The van der Waals surface area contributed by atoms with Crippen LogP contribution >= 0.6 is 34.5 Å². The Labute approximate surface area is 182 Å². The number of rotatable bonds is 4. The van der Waals surface area contributed by atoms with Crippen LogP contribution in [-0.2, 0) is 6.54 Å². The molecule has 4 rings (SSSR count). The number of nitrogens with zero attached hydrogens (tertiary/aromatic N) is 3. The van der Waals surface area contributed by atoms with E-state index < -0.39 is 0 Å². The van der Waals surface area contributed by atoms with E-state index in [1.807, 2.05) is 24.3 Å². The van der Waals surface area contributed by atoms with Gasteiger partial charge in [-0.05, 0) is 67.4 Å². The predicted molar refractivity (Wildman–Crippen MR) is 120 cm³/mol. The van der Waals surface area contributed by atoms with Crippen LogP contribution in [0.3, 0.4) is 0 Å². The average Bonchev–Trinajstić information content (AvgIpc) is 3.11. The largest absolute Gasteiger partial charge is 0.278 e. The molecule has 0 aliphatic rings. The van der Waals surface area contributed by atoms with Gasteiger partial charge in [-0.15, -0.1) is 0 Å². The van der Waals surface area contributed by atoms with Crippen LogP contribution < -0.4 is 4.90 Å². The van der Waals surface area contributed by atoms with Crippen LogP contribution in [0.25, 0.3) is 10.2 Å². The molecule has 0 fully saturated rings. The molecule has 4 aromatic rings. The average molecular weight is 442 g/mol. The Morgan fingerprint density at radius 3 is 2.62 bits per heavy atom. The Hall–Kier alpha value is -2.47. The van der Waals surface area contributed by atoms with E-state index in [4.69, 9.17) is 28.2 Å². The van der Waals surface area contributed by atoms with Crippen LogP contribution in [0.5, 0.6) is 0 Å². The molecule has 1 amide bonds. The Morgan fingerprint density at radius 2 is 1.86 bits per heavy atom. The molecule has 4 nitrogen and oxygen atoms in total. The van der Waals surface area contributed by atoms with Gasteiger partial charge in [-0.1, -0.05) is 40.6 Å². The fraction of sp³-hybridized carbons (Fsp3) is 0.136. The number of aryl methyl sites for hydroxylation is 2. The smallest absolute Gasteiger partial charge is 0.262 e. The zero-order valence-electron chi connectivity index (χ0n) is 15.8. The van der Waals surface area contributed by atoms with Crippen molar-refractivity contribution in [3.8, 4) is 0 Å². The minimum atomic E-state index is -0.268. The standard InChI is InChI=1S/C22H17Cl2N3OS/c1-13-9-19-20(10-14(13)2)29-22(26-19)27(12-16-5-3-4-8-25-16)21(28)17-11-15(23)6-7-18(17)24/h3-11H,12H2,1-2H3. The molecule has 29 heavy (non-hydrogen) atoms. The maximum absolute atomic E-state index is 13.5. The summed E-state index contributed by atoms with van der Waals surface area (Å²) in [6.45, 7) is 4.40. The number of anilines is 1. The highest BCUT2D eigenvalue weighted by Crippen LogP contribution is 2.33. The fourth-order valence-corrected chi connectivity index (χ4v) is 4.38. The molecule has 0 saturated carbocycles. The van der Waals surface area contributed by atoms with Crippen LogP contribution in [0.4, 0.5) is 5.13 Å². The summed E-state index contributed by atoms with van der Waals surface area (Å²) in [4.78, 5) is 24.2. The molecule has 7 heteroatoms. The van der Waals surface area contributed by atoms with Gasteiger partial charge in [0.15, 0.2) is 5.13 Å². The van der Waals surface area contributed by atoms with E-state index in [0.29, 0.717) is 20.7 Å². The number of fused-ring (bicyclic) bond motifs is 1. The van der Waals surface area contributed by atoms with E-state index in [0.717, 1.165) is 21.5 Å². The Kier molecular flexibility index (Phi) is 5.54. The number of carbonyl (C=O) groups is 1. The molecular formula is C22H17Cl2N3OS. The summed E-state index contributed by atoms with van der Waals surface area (Å²) in [5.41, 5.74) is 4.31. The highest BCUT2D eigenvalue weighted by Gasteiger charge is 2.24. The van der Waals surface area contributed by atoms with Gasteiger partial charge in [0.25, 0.3) is 5.91 Å². The Morgan fingerprint density at radius 1 is 1.07 bits per heavy atom. The molecular weight excluding hydrogens is 425 g/mol. The van der Waals surface area contributed by atoms with Gasteiger partial charge in [0.05, 0.1) is 33.0 Å². The fourth-order valence-electron chi connectivity index (χ4n) is 2.97. The van der Waals surface area contributed by atoms with Crippen molar-refractivity contribution in [1.82, 2.24) is 9.97 Å². The summed E-state index contributed by atoms with van der Waals surface area (Å²) < 4.78 is 1.03. The van der Waals surface area contributed by atoms with Gasteiger partial charge in [-0.25, -0.2) is 4.98 Å². The van der Waals surface area contributed by atoms with Crippen molar-refractivity contribution in [2.45, 2.75) is 20.4 Å². The van der Waals surface area contributed by atoms with Crippen LogP contribution in [0.1, 0.15) is 27.2 Å². The van der Waals surface area contributed by atoms with Crippen molar-refractivity contribution in [1.29, 1.82) is 0 Å². The maximum atomic E-state index is 13.5. The number of aromatic nitrogens is 2. The first-order chi connectivity index (χ1) is 13.9. The van der Waals surface area contributed by atoms with Gasteiger partial charge in [0.1, 0.15) is 0 Å². The highest BCUT2D eigenvalue weighted by molar-refractivity contribution is 7.22.